The number of nitrogens with one attached hydrogen (secondary N) is 3. The Kier molecular flexibility index (Phi) is 8.89. The number of benzene rings is 3. The molecule has 5 nitrogen and oxygen atoms in total. The fourth-order valence-corrected chi connectivity index (χ4v) is 4.22. The van der Waals surface area contributed by atoms with Crippen LogP contribution in [0.2, 0.25) is 0 Å². The van der Waals surface area contributed by atoms with E-state index in [1.807, 2.05) is 20.8 Å². The number of halogens is 3. The summed E-state index contributed by atoms with van der Waals surface area (Å²) in [6, 6.07) is 15.7. The lowest BCUT2D eigenvalue weighted by Crippen LogP contribution is -2.29. The Hall–Kier alpha value is -3.78. The summed E-state index contributed by atoms with van der Waals surface area (Å²) in [5, 5.41) is 6.17. The molecule has 0 radical (unpaired) electrons. The maximum Gasteiger partial charge on any atom is 0.273 e. The molecule has 0 unspecified atom stereocenters. The largest absolute Gasteiger partial charge is 0.382 e. The van der Waals surface area contributed by atoms with Crippen molar-refractivity contribution in [3.63, 3.8) is 0 Å². The van der Waals surface area contributed by atoms with Crippen LogP contribution >= 0.6 is 0 Å². The van der Waals surface area contributed by atoms with Gasteiger partial charge in [0.2, 0.25) is 5.91 Å². The van der Waals surface area contributed by atoms with Crippen molar-refractivity contribution in [2.75, 3.05) is 22.6 Å². The molecule has 0 aliphatic heterocycles. The molecule has 5 N–H and O–H groups in total. The quantitative estimate of drug-likeness (QED) is 0.158. The number of hydrazine groups is 1. The first-order valence-corrected chi connectivity index (χ1v) is 12.4. The van der Waals surface area contributed by atoms with Crippen molar-refractivity contribution in [2.24, 2.45) is 5.84 Å². The van der Waals surface area contributed by atoms with Gasteiger partial charge < -0.3 is 16.1 Å². The number of hydrogen-bond acceptors (Lipinski definition) is 4. The zero-order chi connectivity index (χ0) is 28.1. The van der Waals surface area contributed by atoms with Crippen LogP contribution in [-0.2, 0) is 22.6 Å². The van der Waals surface area contributed by atoms with Gasteiger partial charge in [-0.15, -0.1) is 0 Å². The number of rotatable bonds is 11. The van der Waals surface area contributed by atoms with Crippen molar-refractivity contribution in [2.45, 2.75) is 51.9 Å². The number of carbonyl (C=O) groups is 1. The van der Waals surface area contributed by atoms with E-state index in [2.05, 4.69) is 22.6 Å². The Morgan fingerprint density at radius 2 is 1.68 bits per heavy atom. The Balaban J connectivity index is 1.68. The number of carbonyl (C=O) groups excluding carboxylic acids is 1. The molecule has 38 heavy (non-hydrogen) atoms. The first-order valence-electron chi connectivity index (χ1n) is 12.4. The summed E-state index contributed by atoms with van der Waals surface area (Å²) < 4.78 is 41.7. The third-order valence-corrected chi connectivity index (χ3v) is 6.54. The molecule has 1 amide bonds. The fraction of sp³-hybridized carbons (Fsp3) is 0.300. The molecule has 0 bridgehead atoms. The average molecular weight is 525 g/mol. The predicted molar refractivity (Wildman–Crippen MR) is 150 cm³/mol. The van der Waals surface area contributed by atoms with E-state index in [-0.39, 0.29) is 30.1 Å². The average Bonchev–Trinajstić information content (AvgIpc) is 2.87. The Morgan fingerprint density at radius 3 is 2.29 bits per heavy atom. The molecule has 0 heterocycles. The lowest BCUT2D eigenvalue weighted by molar-refractivity contribution is -0.115. The summed E-state index contributed by atoms with van der Waals surface area (Å²) in [4.78, 5) is 12.6. The lowest BCUT2D eigenvalue weighted by Gasteiger charge is -2.29. The standard InChI is InChI=1S/C30H35F3N4O/c1-6-30(32,33)21-9-7-20(8-10-21)15-28(38)36-23-12-14-26(27(17-23)37-34)35-18-29(4,5)25-16-22(31)11-13-24(25)19(2)3/h7-14,16-17,35,37H,2,6,15,18,34H2,1,3-5H3,(H,36,38). The minimum atomic E-state index is -2.89. The molecule has 0 fully saturated rings. The molecular weight excluding hydrogens is 489 g/mol. The van der Waals surface area contributed by atoms with Crippen LogP contribution in [0.3, 0.4) is 0 Å². The van der Waals surface area contributed by atoms with Crippen molar-refractivity contribution in [1.82, 2.24) is 0 Å². The van der Waals surface area contributed by atoms with E-state index in [0.29, 0.717) is 29.2 Å². The topological polar surface area (TPSA) is 79.2 Å². The van der Waals surface area contributed by atoms with Crippen molar-refractivity contribution in [3.8, 4) is 0 Å². The lowest BCUT2D eigenvalue weighted by atomic mass is 9.80. The molecule has 0 aliphatic rings. The number of amides is 1. The Bertz CT molecular complexity index is 1300. The molecule has 3 aromatic rings. The van der Waals surface area contributed by atoms with Gasteiger partial charge in [-0.1, -0.05) is 63.3 Å². The van der Waals surface area contributed by atoms with Crippen LogP contribution in [0.15, 0.2) is 67.2 Å². The van der Waals surface area contributed by atoms with E-state index in [1.54, 1.807) is 24.3 Å². The van der Waals surface area contributed by atoms with Gasteiger partial charge >= 0.3 is 0 Å². The predicted octanol–water partition coefficient (Wildman–Crippen LogP) is 7.22. The van der Waals surface area contributed by atoms with Crippen molar-refractivity contribution < 1.29 is 18.0 Å². The minimum Gasteiger partial charge on any atom is -0.382 e. The highest BCUT2D eigenvalue weighted by Gasteiger charge is 2.28. The molecule has 0 saturated carbocycles. The van der Waals surface area contributed by atoms with Crippen LogP contribution in [0.1, 0.15) is 56.4 Å². The molecule has 3 rings (SSSR count). The summed E-state index contributed by atoms with van der Waals surface area (Å²) in [5.41, 5.74) is 7.15. The van der Waals surface area contributed by atoms with Gasteiger partial charge in [-0.25, -0.2) is 13.2 Å². The van der Waals surface area contributed by atoms with Crippen LogP contribution in [-0.4, -0.2) is 12.5 Å². The van der Waals surface area contributed by atoms with Gasteiger partial charge in [-0.05, 0) is 53.9 Å². The third kappa shape index (κ3) is 6.95. The minimum absolute atomic E-state index is 0.0379. The van der Waals surface area contributed by atoms with E-state index in [0.717, 1.165) is 16.7 Å². The number of nitrogens with two attached hydrogens (primary N) is 1. The monoisotopic (exact) mass is 524 g/mol. The van der Waals surface area contributed by atoms with E-state index in [4.69, 9.17) is 5.84 Å². The zero-order valence-electron chi connectivity index (χ0n) is 22.2. The molecule has 202 valence electrons. The SMILES string of the molecule is C=C(C)c1ccc(F)cc1C(C)(C)CNc1ccc(NC(=O)Cc2ccc(C(F)(F)CC)cc2)cc1NN. The van der Waals surface area contributed by atoms with E-state index >= 15 is 0 Å². The summed E-state index contributed by atoms with van der Waals surface area (Å²) in [6.07, 6.45) is -0.247. The van der Waals surface area contributed by atoms with E-state index in [1.165, 1.54) is 43.3 Å². The molecule has 0 saturated heterocycles. The second-order valence-corrected chi connectivity index (χ2v) is 10.1. The highest BCUT2D eigenvalue weighted by Crippen LogP contribution is 2.33. The number of anilines is 3. The number of allylic oxidation sites excluding steroid dienone is 1. The Labute approximate surface area is 222 Å². The molecule has 8 heteroatoms. The summed E-state index contributed by atoms with van der Waals surface area (Å²) in [5.74, 6) is 2.26. The van der Waals surface area contributed by atoms with Crippen LogP contribution in [0, 0.1) is 5.82 Å². The van der Waals surface area contributed by atoms with Crippen molar-refractivity contribution >= 4 is 28.5 Å². The molecule has 0 aliphatic carbocycles. The molecule has 0 atom stereocenters. The molecule has 0 spiro atoms. The Morgan fingerprint density at radius 1 is 1.00 bits per heavy atom. The van der Waals surface area contributed by atoms with Crippen molar-refractivity contribution in [3.05, 3.63) is 95.3 Å². The molecule has 3 aromatic carbocycles. The maximum absolute atomic E-state index is 14.0. The molecular formula is C30H35F3N4O. The van der Waals surface area contributed by atoms with Gasteiger partial charge in [0.05, 0.1) is 17.8 Å². The van der Waals surface area contributed by atoms with Gasteiger partial charge in [0, 0.05) is 29.6 Å². The van der Waals surface area contributed by atoms with E-state index in [9.17, 15) is 18.0 Å². The van der Waals surface area contributed by atoms with Crippen LogP contribution in [0.5, 0.6) is 0 Å². The maximum atomic E-state index is 14.0. The second-order valence-electron chi connectivity index (χ2n) is 10.1. The normalized spacial score (nSPS) is 11.7. The van der Waals surface area contributed by atoms with Gasteiger partial charge in [-0.2, -0.15) is 0 Å². The van der Waals surface area contributed by atoms with Gasteiger partial charge in [-0.3, -0.25) is 10.6 Å². The number of alkyl halides is 2. The third-order valence-electron chi connectivity index (χ3n) is 6.54. The van der Waals surface area contributed by atoms with Crippen LogP contribution < -0.4 is 21.9 Å². The van der Waals surface area contributed by atoms with Gasteiger partial charge in [0.25, 0.3) is 5.92 Å². The van der Waals surface area contributed by atoms with Gasteiger partial charge in [0.1, 0.15) is 5.82 Å². The number of nitrogen functional groups attached to an aromatic ring is 1. The molecule has 0 aromatic heterocycles. The van der Waals surface area contributed by atoms with Gasteiger partial charge in [0.15, 0.2) is 0 Å². The highest BCUT2D eigenvalue weighted by molar-refractivity contribution is 5.93. The summed E-state index contributed by atoms with van der Waals surface area (Å²) in [6.45, 7) is 11.8. The first-order chi connectivity index (χ1) is 17.9. The summed E-state index contributed by atoms with van der Waals surface area (Å²) >= 11 is 0. The first kappa shape index (κ1) is 28.8. The highest BCUT2D eigenvalue weighted by atomic mass is 19.3. The second kappa shape index (κ2) is 11.7. The zero-order valence-corrected chi connectivity index (χ0v) is 22.2. The van der Waals surface area contributed by atoms with Crippen LogP contribution in [0.4, 0.5) is 30.2 Å². The fourth-order valence-electron chi connectivity index (χ4n) is 4.22. The smallest absolute Gasteiger partial charge is 0.273 e. The van der Waals surface area contributed by atoms with Crippen molar-refractivity contribution in [1.29, 1.82) is 0 Å². The summed E-state index contributed by atoms with van der Waals surface area (Å²) in [7, 11) is 0. The van der Waals surface area contributed by atoms with E-state index < -0.39 is 11.3 Å². The number of hydrogen-bond donors (Lipinski definition) is 4. The van der Waals surface area contributed by atoms with Crippen LogP contribution in [0.25, 0.3) is 5.57 Å².